The van der Waals surface area contributed by atoms with Crippen molar-refractivity contribution in [3.05, 3.63) is 5.89 Å². The highest BCUT2D eigenvalue weighted by Gasteiger charge is 2.20. The molecule has 0 aliphatic heterocycles. The third-order valence-electron chi connectivity index (χ3n) is 1.92. The Hall–Kier alpha value is -0.550. The van der Waals surface area contributed by atoms with E-state index in [0.717, 1.165) is 0 Å². The molecule has 0 aromatic carbocycles. The maximum absolute atomic E-state index is 9.10. The molecule has 1 atom stereocenters. The lowest BCUT2D eigenvalue weighted by Crippen LogP contribution is -2.11. The van der Waals surface area contributed by atoms with Crippen LogP contribution in [0.25, 0.3) is 0 Å². The Morgan fingerprint density at radius 3 is 2.54 bits per heavy atom. The van der Waals surface area contributed by atoms with Gasteiger partial charge < -0.3 is 9.52 Å². The Morgan fingerprint density at radius 1 is 1.46 bits per heavy atom. The fourth-order valence-corrected chi connectivity index (χ4v) is 1.32. The lowest BCUT2D eigenvalue weighted by molar-refractivity contribution is 0.209. The van der Waals surface area contributed by atoms with Crippen molar-refractivity contribution in [3.8, 4) is 0 Å². The van der Waals surface area contributed by atoms with E-state index < -0.39 is 0 Å². The van der Waals surface area contributed by atoms with E-state index in [1.165, 1.54) is 11.8 Å². The second kappa shape index (κ2) is 4.62. The van der Waals surface area contributed by atoms with E-state index in [1.54, 1.807) is 0 Å². The van der Waals surface area contributed by atoms with Gasteiger partial charge in [0.15, 0.2) is 0 Å². The fourth-order valence-electron chi connectivity index (χ4n) is 1.03. The van der Waals surface area contributed by atoms with Gasteiger partial charge in [-0.3, -0.25) is 0 Å². The predicted molar refractivity (Wildman–Crippen MR) is 50.7 cm³/mol. The molecule has 1 heterocycles. The molecule has 1 N–H and O–H groups in total. The average molecular weight is 202 g/mol. The van der Waals surface area contributed by atoms with E-state index in [2.05, 4.69) is 10.2 Å². The van der Waals surface area contributed by atoms with Gasteiger partial charge in [-0.15, -0.1) is 10.2 Å². The summed E-state index contributed by atoms with van der Waals surface area (Å²) in [5.74, 6) is 0.787. The zero-order chi connectivity index (χ0) is 9.84. The molecule has 0 amide bonds. The van der Waals surface area contributed by atoms with Crippen LogP contribution in [0.15, 0.2) is 9.64 Å². The SMILES string of the molecule is CSc1nnc(C(CO)C(C)C)o1. The van der Waals surface area contributed by atoms with E-state index >= 15 is 0 Å². The van der Waals surface area contributed by atoms with Crippen LogP contribution in [0.4, 0.5) is 0 Å². The van der Waals surface area contributed by atoms with E-state index in [-0.39, 0.29) is 12.5 Å². The minimum absolute atomic E-state index is 0.0478. The number of nitrogens with zero attached hydrogens (tertiary/aromatic N) is 2. The van der Waals surface area contributed by atoms with Crippen molar-refractivity contribution >= 4 is 11.8 Å². The highest BCUT2D eigenvalue weighted by atomic mass is 32.2. The maximum Gasteiger partial charge on any atom is 0.276 e. The second-order valence-corrected chi connectivity index (χ2v) is 3.90. The number of aliphatic hydroxyl groups excluding tert-OH is 1. The normalized spacial score (nSPS) is 13.6. The Balaban J connectivity index is 2.79. The molecule has 0 aliphatic rings. The van der Waals surface area contributed by atoms with Crippen LogP contribution < -0.4 is 0 Å². The fraction of sp³-hybridized carbons (Fsp3) is 0.750. The number of aromatic nitrogens is 2. The standard InChI is InChI=1S/C8H14N2O2S/c1-5(2)6(4-11)7-9-10-8(12-7)13-3/h5-6,11H,4H2,1-3H3. The van der Waals surface area contributed by atoms with E-state index in [1.807, 2.05) is 20.1 Å². The molecule has 1 unspecified atom stereocenters. The van der Waals surface area contributed by atoms with E-state index in [4.69, 9.17) is 9.52 Å². The lowest BCUT2D eigenvalue weighted by atomic mass is 9.97. The molecule has 0 fully saturated rings. The molecular formula is C8H14N2O2S. The van der Waals surface area contributed by atoms with Crippen molar-refractivity contribution < 1.29 is 9.52 Å². The van der Waals surface area contributed by atoms with Crippen molar-refractivity contribution in [3.63, 3.8) is 0 Å². The highest BCUT2D eigenvalue weighted by Crippen LogP contribution is 2.24. The first-order chi connectivity index (χ1) is 6.19. The van der Waals surface area contributed by atoms with Crippen LogP contribution in [0.3, 0.4) is 0 Å². The lowest BCUT2D eigenvalue weighted by Gasteiger charge is -2.12. The summed E-state index contributed by atoms with van der Waals surface area (Å²) in [6.07, 6.45) is 1.88. The predicted octanol–water partition coefficient (Wildman–Crippen LogP) is 1.52. The Morgan fingerprint density at radius 2 is 2.15 bits per heavy atom. The Kier molecular flexibility index (Phi) is 3.74. The Labute approximate surface area is 81.7 Å². The molecule has 0 bridgehead atoms. The summed E-state index contributed by atoms with van der Waals surface area (Å²) in [5, 5.41) is 17.4. The molecule has 0 saturated heterocycles. The first-order valence-corrected chi connectivity index (χ1v) is 5.39. The van der Waals surface area contributed by atoms with E-state index in [9.17, 15) is 0 Å². The summed E-state index contributed by atoms with van der Waals surface area (Å²) < 4.78 is 5.33. The number of rotatable bonds is 4. The number of hydrogen-bond acceptors (Lipinski definition) is 5. The minimum Gasteiger partial charge on any atom is -0.416 e. The van der Waals surface area contributed by atoms with Gasteiger partial charge in [0.25, 0.3) is 5.22 Å². The first-order valence-electron chi connectivity index (χ1n) is 4.17. The number of aliphatic hydroxyl groups is 1. The van der Waals surface area contributed by atoms with Crippen LogP contribution in [0.2, 0.25) is 0 Å². The summed E-state index contributed by atoms with van der Waals surface area (Å²) >= 11 is 1.41. The molecule has 1 rings (SSSR count). The molecule has 0 aliphatic carbocycles. The van der Waals surface area contributed by atoms with Crippen LogP contribution >= 0.6 is 11.8 Å². The molecule has 0 saturated carbocycles. The summed E-state index contributed by atoms with van der Waals surface area (Å²) in [6.45, 7) is 4.08. The van der Waals surface area contributed by atoms with Crippen molar-refractivity contribution in [2.24, 2.45) is 5.92 Å². The summed E-state index contributed by atoms with van der Waals surface area (Å²) in [4.78, 5) is 0. The number of hydrogen-bond donors (Lipinski definition) is 1. The first kappa shape index (κ1) is 10.5. The van der Waals surface area contributed by atoms with Crippen molar-refractivity contribution in [2.75, 3.05) is 12.9 Å². The minimum atomic E-state index is -0.0478. The molecule has 74 valence electrons. The van der Waals surface area contributed by atoms with Crippen molar-refractivity contribution in [1.82, 2.24) is 10.2 Å². The average Bonchev–Trinajstić information content (AvgIpc) is 2.53. The van der Waals surface area contributed by atoms with Gasteiger partial charge in [0.05, 0.1) is 12.5 Å². The third kappa shape index (κ3) is 2.45. The summed E-state index contributed by atoms with van der Waals surface area (Å²) in [7, 11) is 0. The van der Waals surface area contributed by atoms with Gasteiger partial charge in [-0.2, -0.15) is 0 Å². The molecule has 1 aromatic heterocycles. The van der Waals surface area contributed by atoms with Gasteiger partial charge in [-0.25, -0.2) is 0 Å². The van der Waals surface area contributed by atoms with E-state index in [0.29, 0.717) is 17.0 Å². The van der Waals surface area contributed by atoms with Crippen LogP contribution in [0.1, 0.15) is 25.7 Å². The zero-order valence-electron chi connectivity index (χ0n) is 8.02. The largest absolute Gasteiger partial charge is 0.416 e. The highest BCUT2D eigenvalue weighted by molar-refractivity contribution is 7.98. The van der Waals surface area contributed by atoms with Crippen LogP contribution in [-0.2, 0) is 0 Å². The monoisotopic (exact) mass is 202 g/mol. The van der Waals surface area contributed by atoms with Gasteiger partial charge in [-0.05, 0) is 12.2 Å². The summed E-state index contributed by atoms with van der Waals surface area (Å²) in [6, 6.07) is 0. The molecule has 4 nitrogen and oxygen atoms in total. The van der Waals surface area contributed by atoms with Crippen LogP contribution in [0.5, 0.6) is 0 Å². The molecular weight excluding hydrogens is 188 g/mol. The van der Waals surface area contributed by atoms with Gasteiger partial charge in [0.2, 0.25) is 5.89 Å². The molecule has 0 spiro atoms. The Bertz CT molecular complexity index is 262. The molecule has 13 heavy (non-hydrogen) atoms. The van der Waals surface area contributed by atoms with Crippen molar-refractivity contribution in [2.45, 2.75) is 25.0 Å². The van der Waals surface area contributed by atoms with Gasteiger partial charge in [0, 0.05) is 0 Å². The van der Waals surface area contributed by atoms with Gasteiger partial charge in [0.1, 0.15) is 0 Å². The maximum atomic E-state index is 9.10. The zero-order valence-corrected chi connectivity index (χ0v) is 8.84. The van der Waals surface area contributed by atoms with Crippen LogP contribution in [0, 0.1) is 5.92 Å². The molecule has 1 aromatic rings. The van der Waals surface area contributed by atoms with Crippen LogP contribution in [-0.4, -0.2) is 28.2 Å². The number of thioether (sulfide) groups is 1. The third-order valence-corrected chi connectivity index (χ3v) is 2.43. The molecule has 0 radical (unpaired) electrons. The quantitative estimate of drug-likeness (QED) is 0.750. The topological polar surface area (TPSA) is 59.2 Å². The smallest absolute Gasteiger partial charge is 0.276 e. The van der Waals surface area contributed by atoms with Gasteiger partial charge in [-0.1, -0.05) is 25.6 Å². The molecule has 5 heteroatoms. The summed E-state index contributed by atoms with van der Waals surface area (Å²) in [5.41, 5.74) is 0. The van der Waals surface area contributed by atoms with Gasteiger partial charge >= 0.3 is 0 Å². The second-order valence-electron chi connectivity index (χ2n) is 3.14. The van der Waals surface area contributed by atoms with Crippen molar-refractivity contribution in [1.29, 1.82) is 0 Å².